The van der Waals surface area contributed by atoms with Crippen molar-refractivity contribution in [3.05, 3.63) is 34.1 Å². The Balaban J connectivity index is 1.91. The monoisotopic (exact) mass is 254 g/mol. The highest BCUT2D eigenvalue weighted by Crippen LogP contribution is 2.35. The highest BCUT2D eigenvalue weighted by atomic mass is 35.5. The van der Waals surface area contributed by atoms with Gasteiger partial charge < -0.3 is 5.32 Å². The van der Waals surface area contributed by atoms with Crippen LogP contribution in [0.5, 0.6) is 0 Å². The lowest BCUT2D eigenvalue weighted by molar-refractivity contribution is 0.256. The fourth-order valence-corrected chi connectivity index (χ4v) is 2.65. The minimum absolute atomic E-state index is 0.376. The van der Waals surface area contributed by atoms with Crippen molar-refractivity contribution in [2.75, 3.05) is 6.54 Å². The highest BCUT2D eigenvalue weighted by Gasteiger charge is 2.31. The first-order valence-electron chi connectivity index (χ1n) is 5.49. The number of halogens is 2. The second-order valence-corrected chi connectivity index (χ2v) is 5.19. The average molecular weight is 255 g/mol. The molecule has 84 valence electrons. The molecule has 1 aromatic rings. The lowest BCUT2D eigenvalue weighted by Crippen LogP contribution is -2.52. The summed E-state index contributed by atoms with van der Waals surface area (Å²) in [6, 6.07) is 2.46. The molecule has 0 bridgehead atoms. The van der Waals surface area contributed by atoms with Crippen LogP contribution in [-0.4, -0.2) is 17.6 Å². The third-order valence-electron chi connectivity index (χ3n) is 3.46. The Morgan fingerprint density at radius 2 is 2.25 bits per heavy atom. The van der Waals surface area contributed by atoms with Gasteiger partial charge in [-0.25, -0.2) is 4.98 Å². The van der Waals surface area contributed by atoms with Crippen molar-refractivity contribution in [2.24, 2.45) is 5.92 Å². The Kier molecular flexibility index (Phi) is 2.66. The van der Waals surface area contributed by atoms with E-state index in [9.17, 15) is 0 Å². The van der Waals surface area contributed by atoms with Crippen molar-refractivity contribution in [2.45, 2.75) is 18.9 Å². The van der Waals surface area contributed by atoms with E-state index in [-0.39, 0.29) is 0 Å². The largest absolute Gasteiger partial charge is 0.310 e. The standard InChI is InChI=1S/C12H12Cl2N2/c13-10-3-9(6-16-12(10)14)7-1-2-8-5-15-11(8)4-7/h3-4,6,8,11,15H,1-2,5H2. The minimum Gasteiger partial charge on any atom is -0.310 e. The number of hydrogen-bond acceptors (Lipinski definition) is 2. The number of hydrogen-bond donors (Lipinski definition) is 1. The molecular formula is C12H12Cl2N2. The Hall–Kier alpha value is -0.570. The summed E-state index contributed by atoms with van der Waals surface area (Å²) in [5.41, 5.74) is 2.43. The molecule has 1 N–H and O–H groups in total. The summed E-state index contributed by atoms with van der Waals surface area (Å²) in [5, 5.41) is 4.32. The van der Waals surface area contributed by atoms with Crippen LogP contribution < -0.4 is 5.32 Å². The minimum atomic E-state index is 0.376. The molecule has 4 heteroatoms. The summed E-state index contributed by atoms with van der Waals surface area (Å²) in [6.07, 6.45) is 6.48. The molecule has 0 radical (unpaired) electrons. The Labute approximate surface area is 105 Å². The molecule has 1 aliphatic heterocycles. The summed E-state index contributed by atoms with van der Waals surface area (Å²) >= 11 is 11.8. The lowest BCUT2D eigenvalue weighted by atomic mass is 9.79. The molecule has 16 heavy (non-hydrogen) atoms. The van der Waals surface area contributed by atoms with Gasteiger partial charge in [-0.05, 0) is 36.0 Å². The van der Waals surface area contributed by atoms with Crippen molar-refractivity contribution in [1.82, 2.24) is 10.3 Å². The Morgan fingerprint density at radius 3 is 2.88 bits per heavy atom. The van der Waals surface area contributed by atoms with Gasteiger partial charge in [0.2, 0.25) is 0 Å². The molecule has 1 fully saturated rings. The quantitative estimate of drug-likeness (QED) is 0.780. The van der Waals surface area contributed by atoms with Crippen molar-refractivity contribution in [3.63, 3.8) is 0 Å². The number of fused-ring (bicyclic) bond motifs is 1. The van der Waals surface area contributed by atoms with Crippen LogP contribution in [0.25, 0.3) is 5.57 Å². The number of allylic oxidation sites excluding steroid dienone is 1. The second-order valence-electron chi connectivity index (χ2n) is 4.42. The molecule has 0 spiro atoms. The van der Waals surface area contributed by atoms with Crippen LogP contribution in [0.4, 0.5) is 0 Å². The SMILES string of the molecule is Clc1cc(C2=CC3NCC3CC2)cnc1Cl. The maximum absolute atomic E-state index is 5.97. The van der Waals surface area contributed by atoms with Crippen molar-refractivity contribution < 1.29 is 0 Å². The summed E-state index contributed by atoms with van der Waals surface area (Å²) in [5.74, 6) is 0.833. The van der Waals surface area contributed by atoms with Gasteiger partial charge in [-0.1, -0.05) is 29.3 Å². The van der Waals surface area contributed by atoms with E-state index in [1.54, 1.807) is 6.20 Å². The topological polar surface area (TPSA) is 24.9 Å². The van der Waals surface area contributed by atoms with Crippen molar-refractivity contribution in [1.29, 1.82) is 0 Å². The Morgan fingerprint density at radius 1 is 1.38 bits per heavy atom. The third-order valence-corrected chi connectivity index (χ3v) is 4.14. The van der Waals surface area contributed by atoms with E-state index in [4.69, 9.17) is 23.2 Å². The fraction of sp³-hybridized carbons (Fsp3) is 0.417. The van der Waals surface area contributed by atoms with Gasteiger partial charge in [0.1, 0.15) is 5.15 Å². The summed E-state index contributed by atoms with van der Waals surface area (Å²) < 4.78 is 0. The van der Waals surface area contributed by atoms with Gasteiger partial charge >= 0.3 is 0 Å². The van der Waals surface area contributed by atoms with E-state index < -0.39 is 0 Å². The first-order valence-corrected chi connectivity index (χ1v) is 6.25. The number of nitrogens with zero attached hydrogens (tertiary/aromatic N) is 1. The highest BCUT2D eigenvalue weighted by molar-refractivity contribution is 6.41. The summed E-state index contributed by atoms with van der Waals surface area (Å²) in [7, 11) is 0. The van der Waals surface area contributed by atoms with E-state index >= 15 is 0 Å². The molecule has 2 atom stereocenters. The second kappa shape index (κ2) is 4.02. The fourth-order valence-electron chi connectivity index (χ4n) is 2.38. The van der Waals surface area contributed by atoms with Crippen molar-refractivity contribution in [3.8, 4) is 0 Å². The molecule has 1 aliphatic carbocycles. The molecule has 0 saturated carbocycles. The normalized spacial score (nSPS) is 28.0. The molecule has 0 amide bonds. The molecule has 1 aromatic heterocycles. The smallest absolute Gasteiger partial charge is 0.147 e. The van der Waals surface area contributed by atoms with Crippen LogP contribution >= 0.6 is 23.2 Å². The van der Waals surface area contributed by atoms with Crippen LogP contribution in [0.3, 0.4) is 0 Å². The molecule has 0 aromatic carbocycles. The lowest BCUT2D eigenvalue weighted by Gasteiger charge is -2.40. The zero-order chi connectivity index (χ0) is 11.1. The molecular weight excluding hydrogens is 243 g/mol. The van der Waals surface area contributed by atoms with Crippen LogP contribution in [0.15, 0.2) is 18.3 Å². The zero-order valence-electron chi connectivity index (χ0n) is 8.71. The van der Waals surface area contributed by atoms with Gasteiger partial charge in [-0.2, -0.15) is 0 Å². The predicted molar refractivity (Wildman–Crippen MR) is 66.7 cm³/mol. The van der Waals surface area contributed by atoms with Gasteiger partial charge in [-0.3, -0.25) is 0 Å². The number of rotatable bonds is 1. The molecule has 1 saturated heterocycles. The first kappa shape index (κ1) is 10.6. The number of aromatic nitrogens is 1. The third kappa shape index (κ3) is 1.75. The van der Waals surface area contributed by atoms with E-state index in [0.29, 0.717) is 16.2 Å². The van der Waals surface area contributed by atoms with Gasteiger partial charge in [0, 0.05) is 18.8 Å². The van der Waals surface area contributed by atoms with Gasteiger partial charge in [0.15, 0.2) is 0 Å². The molecule has 2 unspecified atom stereocenters. The molecule has 2 aliphatic rings. The van der Waals surface area contributed by atoms with E-state index in [0.717, 1.165) is 24.4 Å². The number of pyridine rings is 1. The van der Waals surface area contributed by atoms with Crippen LogP contribution in [-0.2, 0) is 0 Å². The Bertz CT molecular complexity index is 456. The maximum Gasteiger partial charge on any atom is 0.147 e. The van der Waals surface area contributed by atoms with E-state index in [1.807, 2.05) is 6.07 Å². The van der Waals surface area contributed by atoms with Gasteiger partial charge in [0.25, 0.3) is 0 Å². The molecule has 3 rings (SSSR count). The predicted octanol–water partition coefficient (Wildman–Crippen LogP) is 3.15. The van der Waals surface area contributed by atoms with Gasteiger partial charge in [-0.15, -0.1) is 0 Å². The van der Waals surface area contributed by atoms with E-state index in [2.05, 4.69) is 16.4 Å². The van der Waals surface area contributed by atoms with Crippen LogP contribution in [0, 0.1) is 5.92 Å². The first-order chi connectivity index (χ1) is 7.74. The summed E-state index contributed by atoms with van der Waals surface area (Å²) in [6.45, 7) is 1.16. The van der Waals surface area contributed by atoms with E-state index in [1.165, 1.54) is 12.0 Å². The maximum atomic E-state index is 5.97. The summed E-state index contributed by atoms with van der Waals surface area (Å²) in [4.78, 5) is 4.09. The van der Waals surface area contributed by atoms with Crippen molar-refractivity contribution >= 4 is 28.8 Å². The number of nitrogens with one attached hydrogen (secondary N) is 1. The van der Waals surface area contributed by atoms with Gasteiger partial charge in [0.05, 0.1) is 5.02 Å². The van der Waals surface area contributed by atoms with Crippen LogP contribution in [0.1, 0.15) is 18.4 Å². The molecule has 2 nitrogen and oxygen atoms in total. The average Bonchev–Trinajstić information content (AvgIpc) is 2.24. The molecule has 2 heterocycles. The van der Waals surface area contributed by atoms with Crippen LogP contribution in [0.2, 0.25) is 10.2 Å². The zero-order valence-corrected chi connectivity index (χ0v) is 10.2.